The lowest BCUT2D eigenvalue weighted by Gasteiger charge is -2.45. The van der Waals surface area contributed by atoms with Crippen LogP contribution in [0.1, 0.15) is 32.4 Å². The minimum absolute atomic E-state index is 0.145. The van der Waals surface area contributed by atoms with Gasteiger partial charge in [-0.05, 0) is 31.5 Å². The molecule has 27 heavy (non-hydrogen) atoms. The molecule has 1 amide bonds. The van der Waals surface area contributed by atoms with Gasteiger partial charge in [-0.1, -0.05) is 0 Å². The van der Waals surface area contributed by atoms with Crippen molar-refractivity contribution in [3.63, 3.8) is 0 Å². The van der Waals surface area contributed by atoms with Crippen molar-refractivity contribution in [2.75, 3.05) is 13.7 Å². The second-order valence-electron chi connectivity index (χ2n) is 6.39. The van der Waals surface area contributed by atoms with Crippen LogP contribution in [0.4, 0.5) is 10.5 Å². The van der Waals surface area contributed by atoms with Crippen LogP contribution in [0, 0.1) is 10.1 Å². The standard InChI is InChI=1S/C17H20N2O8/c1-10(20)26-14(11-5-7-12(8-6-11)19(23)24)15-13(21)9-18(16(22)25-4)17(2,3)27-15/h5-8,14-15H,9H2,1-4H3/t14-,15-/m0/s1. The fraction of sp³-hybridized carbons (Fsp3) is 0.471. The Kier molecular flexibility index (Phi) is 5.79. The number of hydrogen-bond acceptors (Lipinski definition) is 8. The Morgan fingerprint density at radius 3 is 2.41 bits per heavy atom. The Bertz CT molecular complexity index is 759. The molecule has 0 aliphatic carbocycles. The van der Waals surface area contributed by atoms with E-state index in [0.717, 1.165) is 4.90 Å². The molecule has 1 fully saturated rings. The van der Waals surface area contributed by atoms with Gasteiger partial charge in [-0.2, -0.15) is 0 Å². The summed E-state index contributed by atoms with van der Waals surface area (Å²) >= 11 is 0. The summed E-state index contributed by atoms with van der Waals surface area (Å²) in [5.41, 5.74) is -0.991. The smallest absolute Gasteiger partial charge is 0.412 e. The van der Waals surface area contributed by atoms with Crippen LogP contribution in [-0.4, -0.2) is 53.2 Å². The molecule has 10 nitrogen and oxygen atoms in total. The number of nitro benzene ring substituents is 1. The zero-order valence-corrected chi connectivity index (χ0v) is 15.3. The van der Waals surface area contributed by atoms with Crippen LogP contribution in [0.15, 0.2) is 24.3 Å². The molecule has 0 radical (unpaired) electrons. The molecule has 10 heteroatoms. The van der Waals surface area contributed by atoms with Gasteiger partial charge in [0.2, 0.25) is 0 Å². The molecular weight excluding hydrogens is 360 g/mol. The fourth-order valence-electron chi connectivity index (χ4n) is 2.77. The summed E-state index contributed by atoms with van der Waals surface area (Å²) in [4.78, 5) is 47.4. The maximum absolute atomic E-state index is 12.6. The summed E-state index contributed by atoms with van der Waals surface area (Å²) in [7, 11) is 1.19. The van der Waals surface area contributed by atoms with Crippen LogP contribution in [-0.2, 0) is 23.8 Å². The van der Waals surface area contributed by atoms with E-state index < -0.39 is 40.7 Å². The molecule has 0 unspecified atom stereocenters. The quantitative estimate of drug-likeness (QED) is 0.441. The molecule has 2 atom stereocenters. The summed E-state index contributed by atoms with van der Waals surface area (Å²) in [6.45, 7) is 4.03. The van der Waals surface area contributed by atoms with Gasteiger partial charge < -0.3 is 14.2 Å². The lowest BCUT2D eigenvalue weighted by Crippen LogP contribution is -2.61. The van der Waals surface area contributed by atoms with Gasteiger partial charge in [0.1, 0.15) is 5.72 Å². The largest absolute Gasteiger partial charge is 0.454 e. The van der Waals surface area contributed by atoms with Crippen molar-refractivity contribution in [3.05, 3.63) is 39.9 Å². The number of rotatable bonds is 4. The molecule has 0 N–H and O–H groups in total. The molecule has 0 bridgehead atoms. The topological polar surface area (TPSA) is 125 Å². The second-order valence-corrected chi connectivity index (χ2v) is 6.39. The van der Waals surface area contributed by atoms with E-state index in [1.165, 1.54) is 38.3 Å². The van der Waals surface area contributed by atoms with Crippen molar-refractivity contribution >= 4 is 23.5 Å². The molecule has 0 spiro atoms. The number of nitro groups is 1. The number of amides is 1. The molecule has 1 aliphatic rings. The van der Waals surface area contributed by atoms with Gasteiger partial charge >= 0.3 is 12.1 Å². The average Bonchev–Trinajstić information content (AvgIpc) is 2.60. The van der Waals surface area contributed by atoms with E-state index in [9.17, 15) is 24.5 Å². The lowest BCUT2D eigenvalue weighted by molar-refractivity contribution is -0.384. The first kappa shape index (κ1) is 20.3. The van der Waals surface area contributed by atoms with Crippen LogP contribution < -0.4 is 0 Å². The number of nitrogens with zero attached hydrogens (tertiary/aromatic N) is 2. The molecule has 2 rings (SSSR count). The minimum Gasteiger partial charge on any atom is -0.454 e. The molecule has 0 aromatic heterocycles. The maximum Gasteiger partial charge on any atom is 0.412 e. The van der Waals surface area contributed by atoms with Crippen molar-refractivity contribution in [1.82, 2.24) is 4.90 Å². The van der Waals surface area contributed by atoms with Gasteiger partial charge in [0.25, 0.3) is 5.69 Å². The number of non-ortho nitro benzene ring substituents is 1. The third-order valence-electron chi connectivity index (χ3n) is 4.09. The molecular formula is C17H20N2O8. The molecule has 1 aromatic rings. The summed E-state index contributed by atoms with van der Waals surface area (Å²) in [5.74, 6) is -1.15. The highest BCUT2D eigenvalue weighted by Crippen LogP contribution is 2.34. The Morgan fingerprint density at radius 2 is 1.93 bits per heavy atom. The van der Waals surface area contributed by atoms with E-state index in [4.69, 9.17) is 9.47 Å². The van der Waals surface area contributed by atoms with E-state index in [0.29, 0.717) is 5.56 Å². The van der Waals surface area contributed by atoms with Gasteiger partial charge in [0.15, 0.2) is 18.0 Å². The third-order valence-corrected chi connectivity index (χ3v) is 4.09. The number of carbonyl (C=O) groups excluding carboxylic acids is 3. The van der Waals surface area contributed by atoms with Crippen LogP contribution >= 0.6 is 0 Å². The van der Waals surface area contributed by atoms with E-state index in [-0.39, 0.29) is 12.2 Å². The number of methoxy groups -OCH3 is 1. The summed E-state index contributed by atoms with van der Waals surface area (Å²) in [6, 6.07) is 5.26. The SMILES string of the molecule is COC(=O)N1CC(=O)[C@@H]([C@@H](OC(C)=O)c2ccc([N+](=O)[O-])cc2)OC1(C)C. The Labute approximate surface area is 155 Å². The lowest BCUT2D eigenvalue weighted by atomic mass is 9.97. The first-order chi connectivity index (χ1) is 12.6. The minimum atomic E-state index is -1.20. The Hall–Kier alpha value is -3.01. The van der Waals surface area contributed by atoms with Gasteiger partial charge in [0, 0.05) is 19.1 Å². The van der Waals surface area contributed by atoms with Crippen molar-refractivity contribution in [1.29, 1.82) is 0 Å². The van der Waals surface area contributed by atoms with Gasteiger partial charge in [-0.25, -0.2) is 4.79 Å². The first-order valence-corrected chi connectivity index (χ1v) is 8.04. The monoisotopic (exact) mass is 380 g/mol. The number of benzene rings is 1. The highest BCUT2D eigenvalue weighted by molar-refractivity contribution is 5.90. The Balaban J connectivity index is 2.36. The van der Waals surface area contributed by atoms with Crippen LogP contribution in [0.3, 0.4) is 0 Å². The summed E-state index contributed by atoms with van der Waals surface area (Å²) < 4.78 is 15.7. The second kappa shape index (κ2) is 7.70. The zero-order chi connectivity index (χ0) is 20.4. The molecule has 146 valence electrons. The van der Waals surface area contributed by atoms with Gasteiger partial charge in [-0.3, -0.25) is 24.6 Å². The number of carbonyl (C=O) groups is 3. The van der Waals surface area contributed by atoms with Crippen LogP contribution in [0.5, 0.6) is 0 Å². The van der Waals surface area contributed by atoms with E-state index in [2.05, 4.69) is 4.74 Å². The molecule has 1 heterocycles. The first-order valence-electron chi connectivity index (χ1n) is 8.04. The van der Waals surface area contributed by atoms with E-state index >= 15 is 0 Å². The van der Waals surface area contributed by atoms with E-state index in [1.54, 1.807) is 13.8 Å². The number of hydrogen-bond donors (Lipinski definition) is 0. The maximum atomic E-state index is 12.6. The van der Waals surface area contributed by atoms with Gasteiger partial charge in [-0.15, -0.1) is 0 Å². The van der Waals surface area contributed by atoms with Crippen LogP contribution in [0.25, 0.3) is 0 Å². The van der Waals surface area contributed by atoms with Crippen molar-refractivity contribution < 1.29 is 33.5 Å². The molecule has 0 saturated carbocycles. The van der Waals surface area contributed by atoms with Gasteiger partial charge in [0.05, 0.1) is 18.6 Å². The Morgan fingerprint density at radius 1 is 1.33 bits per heavy atom. The summed E-state index contributed by atoms with van der Waals surface area (Å²) in [5, 5.41) is 10.8. The van der Waals surface area contributed by atoms with Crippen molar-refractivity contribution in [3.8, 4) is 0 Å². The third kappa shape index (κ3) is 4.40. The number of Topliss-reactive ketones (excluding diaryl/α,β-unsaturated/α-hetero) is 1. The van der Waals surface area contributed by atoms with Crippen molar-refractivity contribution in [2.45, 2.75) is 38.7 Å². The number of esters is 1. The molecule has 1 aromatic carbocycles. The molecule has 1 saturated heterocycles. The predicted molar refractivity (Wildman–Crippen MR) is 90.7 cm³/mol. The predicted octanol–water partition coefficient (Wildman–Crippen LogP) is 1.97. The normalized spacial score (nSPS) is 19.9. The average molecular weight is 380 g/mol. The highest BCUT2D eigenvalue weighted by atomic mass is 16.6. The summed E-state index contributed by atoms with van der Waals surface area (Å²) in [6.07, 6.45) is -3.03. The number of ketones is 1. The van der Waals surface area contributed by atoms with E-state index in [1.807, 2.05) is 0 Å². The highest BCUT2D eigenvalue weighted by Gasteiger charge is 2.47. The zero-order valence-electron chi connectivity index (χ0n) is 15.3. The number of ether oxygens (including phenoxy) is 3. The van der Waals surface area contributed by atoms with Crippen LogP contribution in [0.2, 0.25) is 0 Å². The van der Waals surface area contributed by atoms with Crippen molar-refractivity contribution in [2.24, 2.45) is 0 Å². The molecule has 1 aliphatic heterocycles. The fourth-order valence-corrected chi connectivity index (χ4v) is 2.77.